The number of anilines is 2. The summed E-state index contributed by atoms with van der Waals surface area (Å²) in [6.45, 7) is 1.88. The van der Waals surface area contributed by atoms with Gasteiger partial charge in [-0.05, 0) is 37.3 Å². The maximum absolute atomic E-state index is 12.2. The third-order valence-corrected chi connectivity index (χ3v) is 3.11. The molecule has 0 aliphatic carbocycles. The highest BCUT2D eigenvalue weighted by Gasteiger charge is 2.12. The second-order valence-electron chi connectivity index (χ2n) is 4.35. The van der Waals surface area contributed by atoms with Gasteiger partial charge in [0.2, 0.25) is 0 Å². The second-order valence-corrected chi connectivity index (χ2v) is 4.76. The van der Waals surface area contributed by atoms with Crippen LogP contribution in [0.3, 0.4) is 0 Å². The van der Waals surface area contributed by atoms with E-state index >= 15 is 0 Å². The fraction of sp³-hybridized carbons (Fsp3) is 0.0667. The number of carbonyl (C=O) groups is 1. The Kier molecular flexibility index (Phi) is 3.92. The molecular formula is C15H12ClN3O. The summed E-state index contributed by atoms with van der Waals surface area (Å²) in [5.74, 6) is -0.335. The molecule has 3 N–H and O–H groups in total. The van der Waals surface area contributed by atoms with E-state index < -0.39 is 0 Å². The lowest BCUT2D eigenvalue weighted by Gasteiger charge is -2.10. The summed E-state index contributed by atoms with van der Waals surface area (Å²) in [5.41, 5.74) is 8.40. The zero-order chi connectivity index (χ0) is 14.7. The fourth-order valence-electron chi connectivity index (χ4n) is 1.74. The molecule has 20 heavy (non-hydrogen) atoms. The Balaban J connectivity index is 2.28. The average Bonchev–Trinajstić information content (AvgIpc) is 2.43. The standard InChI is InChI=1S/C15H12ClN3O/c1-9-2-4-13(18)11(6-9)15(20)19-14-5-3-10(8-17)7-12(14)16/h2-7H,18H2,1H3,(H,19,20). The van der Waals surface area contributed by atoms with Gasteiger partial charge >= 0.3 is 0 Å². The normalized spacial score (nSPS) is 9.85. The molecule has 0 bridgehead atoms. The molecular weight excluding hydrogens is 274 g/mol. The van der Waals surface area contributed by atoms with Crippen molar-refractivity contribution >= 4 is 28.9 Å². The summed E-state index contributed by atoms with van der Waals surface area (Å²) in [6, 6.07) is 11.9. The number of nitriles is 1. The Bertz CT molecular complexity index is 720. The van der Waals surface area contributed by atoms with Crippen molar-refractivity contribution < 1.29 is 4.79 Å². The van der Waals surface area contributed by atoms with Gasteiger partial charge in [-0.15, -0.1) is 0 Å². The molecule has 2 aromatic carbocycles. The molecule has 0 aliphatic heterocycles. The highest BCUT2D eigenvalue weighted by Crippen LogP contribution is 2.24. The minimum absolute atomic E-state index is 0.309. The van der Waals surface area contributed by atoms with Crippen LogP contribution < -0.4 is 11.1 Å². The van der Waals surface area contributed by atoms with E-state index in [-0.39, 0.29) is 5.91 Å². The van der Waals surface area contributed by atoms with Crippen LogP contribution in [0.15, 0.2) is 36.4 Å². The number of hydrogen-bond acceptors (Lipinski definition) is 3. The van der Waals surface area contributed by atoms with Crippen molar-refractivity contribution in [3.63, 3.8) is 0 Å². The first-order valence-electron chi connectivity index (χ1n) is 5.88. The number of carbonyl (C=O) groups excluding carboxylic acids is 1. The van der Waals surface area contributed by atoms with Crippen LogP contribution in [0.5, 0.6) is 0 Å². The van der Waals surface area contributed by atoms with Crippen molar-refractivity contribution in [3.05, 3.63) is 58.1 Å². The van der Waals surface area contributed by atoms with Crippen LogP contribution in [0.4, 0.5) is 11.4 Å². The molecule has 0 atom stereocenters. The molecule has 0 saturated carbocycles. The number of nitrogens with one attached hydrogen (secondary N) is 1. The van der Waals surface area contributed by atoms with E-state index in [0.29, 0.717) is 27.5 Å². The molecule has 0 fully saturated rings. The van der Waals surface area contributed by atoms with E-state index in [1.54, 1.807) is 24.3 Å². The van der Waals surface area contributed by atoms with Crippen molar-refractivity contribution in [2.75, 3.05) is 11.1 Å². The maximum Gasteiger partial charge on any atom is 0.257 e. The summed E-state index contributed by atoms with van der Waals surface area (Å²) < 4.78 is 0. The number of nitrogens with zero attached hydrogens (tertiary/aromatic N) is 1. The van der Waals surface area contributed by atoms with Crippen molar-refractivity contribution in [1.29, 1.82) is 5.26 Å². The SMILES string of the molecule is Cc1ccc(N)c(C(=O)Nc2ccc(C#N)cc2Cl)c1. The number of nitrogens with two attached hydrogens (primary N) is 1. The van der Waals surface area contributed by atoms with E-state index in [2.05, 4.69) is 5.32 Å². The highest BCUT2D eigenvalue weighted by atomic mass is 35.5. The van der Waals surface area contributed by atoms with Crippen LogP contribution >= 0.6 is 11.6 Å². The molecule has 0 heterocycles. The molecule has 2 aromatic rings. The summed E-state index contributed by atoms with van der Waals surface area (Å²) in [4.78, 5) is 12.2. The second kappa shape index (κ2) is 5.64. The lowest BCUT2D eigenvalue weighted by molar-refractivity contribution is 0.102. The van der Waals surface area contributed by atoms with Gasteiger partial charge < -0.3 is 11.1 Å². The zero-order valence-electron chi connectivity index (χ0n) is 10.8. The molecule has 0 radical (unpaired) electrons. The van der Waals surface area contributed by atoms with Crippen LogP contribution in [0.2, 0.25) is 5.02 Å². The molecule has 100 valence electrons. The van der Waals surface area contributed by atoms with Gasteiger partial charge in [0.05, 0.1) is 27.9 Å². The number of nitrogen functional groups attached to an aromatic ring is 1. The number of halogens is 1. The lowest BCUT2D eigenvalue weighted by Crippen LogP contribution is -2.14. The molecule has 4 nitrogen and oxygen atoms in total. The molecule has 0 aliphatic rings. The minimum atomic E-state index is -0.335. The number of rotatable bonds is 2. The van der Waals surface area contributed by atoms with Gasteiger partial charge in [-0.3, -0.25) is 4.79 Å². The van der Waals surface area contributed by atoms with Crippen molar-refractivity contribution in [1.82, 2.24) is 0 Å². The van der Waals surface area contributed by atoms with E-state index in [4.69, 9.17) is 22.6 Å². The first-order chi connectivity index (χ1) is 9.51. The molecule has 2 rings (SSSR count). The van der Waals surface area contributed by atoms with Crippen molar-refractivity contribution in [3.8, 4) is 6.07 Å². The Morgan fingerprint density at radius 2 is 2.05 bits per heavy atom. The van der Waals surface area contributed by atoms with Crippen molar-refractivity contribution in [2.24, 2.45) is 0 Å². The van der Waals surface area contributed by atoms with Gasteiger partial charge in [0.25, 0.3) is 5.91 Å². The van der Waals surface area contributed by atoms with Gasteiger partial charge in [-0.1, -0.05) is 23.2 Å². The molecule has 0 saturated heterocycles. The number of amides is 1. The quantitative estimate of drug-likeness (QED) is 0.831. The van der Waals surface area contributed by atoms with E-state index in [1.807, 2.05) is 19.1 Å². The van der Waals surface area contributed by atoms with Gasteiger partial charge in [0, 0.05) is 5.69 Å². The minimum Gasteiger partial charge on any atom is -0.398 e. The molecule has 1 amide bonds. The Morgan fingerprint density at radius 3 is 2.70 bits per heavy atom. The highest BCUT2D eigenvalue weighted by molar-refractivity contribution is 6.34. The Labute approximate surface area is 121 Å². The number of hydrogen-bond donors (Lipinski definition) is 2. The molecule has 5 heteroatoms. The van der Waals surface area contributed by atoms with Crippen LogP contribution in [0.1, 0.15) is 21.5 Å². The third-order valence-electron chi connectivity index (χ3n) is 2.80. The monoisotopic (exact) mass is 285 g/mol. The molecule has 0 unspecified atom stereocenters. The third kappa shape index (κ3) is 2.90. The van der Waals surface area contributed by atoms with Crippen molar-refractivity contribution in [2.45, 2.75) is 6.92 Å². The Hall–Kier alpha value is -2.51. The first-order valence-corrected chi connectivity index (χ1v) is 6.26. The van der Waals surface area contributed by atoms with E-state index in [9.17, 15) is 4.79 Å². The predicted octanol–water partition coefficient (Wildman–Crippen LogP) is 3.35. The fourth-order valence-corrected chi connectivity index (χ4v) is 1.97. The van der Waals surface area contributed by atoms with Gasteiger partial charge in [-0.2, -0.15) is 5.26 Å². The van der Waals surface area contributed by atoms with Crippen LogP contribution in [0.25, 0.3) is 0 Å². The average molecular weight is 286 g/mol. The molecule has 0 spiro atoms. The zero-order valence-corrected chi connectivity index (χ0v) is 11.5. The summed E-state index contributed by atoms with van der Waals surface area (Å²) in [5, 5.41) is 11.8. The van der Waals surface area contributed by atoms with E-state index in [0.717, 1.165) is 5.56 Å². The number of aryl methyl sites for hydroxylation is 1. The summed E-state index contributed by atoms with van der Waals surface area (Å²) in [6.07, 6.45) is 0. The van der Waals surface area contributed by atoms with Crippen LogP contribution in [-0.4, -0.2) is 5.91 Å². The Morgan fingerprint density at radius 1 is 1.30 bits per heavy atom. The smallest absolute Gasteiger partial charge is 0.257 e. The van der Waals surface area contributed by atoms with Gasteiger partial charge in [-0.25, -0.2) is 0 Å². The number of benzene rings is 2. The summed E-state index contributed by atoms with van der Waals surface area (Å²) in [7, 11) is 0. The predicted molar refractivity (Wildman–Crippen MR) is 79.7 cm³/mol. The lowest BCUT2D eigenvalue weighted by atomic mass is 10.1. The first kappa shape index (κ1) is 13.9. The largest absolute Gasteiger partial charge is 0.398 e. The van der Waals surface area contributed by atoms with Crippen LogP contribution in [-0.2, 0) is 0 Å². The maximum atomic E-state index is 12.2. The topological polar surface area (TPSA) is 78.9 Å². The van der Waals surface area contributed by atoms with E-state index in [1.165, 1.54) is 6.07 Å². The van der Waals surface area contributed by atoms with Crippen LogP contribution in [0, 0.1) is 18.3 Å². The van der Waals surface area contributed by atoms with Gasteiger partial charge in [0.15, 0.2) is 0 Å². The molecule has 0 aromatic heterocycles. The van der Waals surface area contributed by atoms with Gasteiger partial charge in [0.1, 0.15) is 0 Å². The summed E-state index contributed by atoms with van der Waals surface area (Å²) >= 11 is 6.01.